The zero-order chi connectivity index (χ0) is 14.8. The number of rotatable bonds is 5. The van der Waals surface area contributed by atoms with Gasteiger partial charge in [0.1, 0.15) is 5.75 Å². The number of carbonyl (C=O) groups excluding carboxylic acids is 1. The molecule has 1 N–H and O–H groups in total. The fourth-order valence-electron chi connectivity index (χ4n) is 2.15. The molecule has 2 aromatic rings. The summed E-state index contributed by atoms with van der Waals surface area (Å²) in [6.07, 6.45) is 2.19. The average molecular weight is 287 g/mol. The van der Waals surface area contributed by atoms with Crippen LogP contribution in [0.25, 0.3) is 0 Å². The Bertz CT molecular complexity index is 633. The molecule has 1 aliphatic rings. The molecule has 0 spiro atoms. The first-order valence-electron chi connectivity index (χ1n) is 6.91. The van der Waals surface area contributed by atoms with Crippen molar-refractivity contribution in [3.05, 3.63) is 35.7 Å². The standard InChI is InChI=1S/C14H17N5O2/c1-9(13-16-17-18-19(13)11-5-6-11)15-14(20)10-3-7-12(21-2)8-4-10/h3-4,7-9,11H,5-6H2,1-2H3,(H,15,20). The van der Waals surface area contributed by atoms with Crippen LogP contribution in [-0.4, -0.2) is 33.2 Å². The Morgan fingerprint density at radius 2 is 2.10 bits per heavy atom. The van der Waals surface area contributed by atoms with Gasteiger partial charge in [0.15, 0.2) is 5.82 Å². The molecule has 110 valence electrons. The van der Waals surface area contributed by atoms with E-state index in [1.807, 2.05) is 6.92 Å². The highest BCUT2D eigenvalue weighted by Crippen LogP contribution is 2.35. The number of nitrogens with one attached hydrogen (secondary N) is 1. The normalized spacial score (nSPS) is 15.5. The minimum atomic E-state index is -0.241. The number of benzene rings is 1. The smallest absolute Gasteiger partial charge is 0.251 e. The second kappa shape index (κ2) is 5.51. The average Bonchev–Trinajstić information content (AvgIpc) is 3.24. The Balaban J connectivity index is 1.69. The summed E-state index contributed by atoms with van der Waals surface area (Å²) >= 11 is 0. The van der Waals surface area contributed by atoms with E-state index in [1.54, 1.807) is 36.1 Å². The molecule has 1 atom stereocenters. The highest BCUT2D eigenvalue weighted by molar-refractivity contribution is 5.94. The van der Waals surface area contributed by atoms with Crippen LogP contribution in [0.15, 0.2) is 24.3 Å². The number of carbonyl (C=O) groups is 1. The van der Waals surface area contributed by atoms with Crippen LogP contribution in [0.5, 0.6) is 5.75 Å². The van der Waals surface area contributed by atoms with Crippen molar-refractivity contribution in [2.24, 2.45) is 0 Å². The first kappa shape index (κ1) is 13.5. The maximum absolute atomic E-state index is 12.2. The van der Waals surface area contributed by atoms with Crippen LogP contribution in [0.1, 0.15) is 48.0 Å². The molecule has 1 saturated carbocycles. The lowest BCUT2D eigenvalue weighted by Crippen LogP contribution is -2.28. The predicted molar refractivity (Wildman–Crippen MR) is 75.0 cm³/mol. The van der Waals surface area contributed by atoms with Crippen molar-refractivity contribution in [1.82, 2.24) is 25.5 Å². The molecule has 3 rings (SSSR count). The maximum Gasteiger partial charge on any atom is 0.251 e. The second-order valence-electron chi connectivity index (χ2n) is 5.14. The number of hydrogen-bond donors (Lipinski definition) is 1. The Labute approximate surface area is 122 Å². The zero-order valence-corrected chi connectivity index (χ0v) is 12.0. The molecule has 0 aliphatic heterocycles. The topological polar surface area (TPSA) is 81.9 Å². The first-order valence-corrected chi connectivity index (χ1v) is 6.91. The van der Waals surface area contributed by atoms with E-state index in [2.05, 4.69) is 20.8 Å². The zero-order valence-electron chi connectivity index (χ0n) is 12.0. The molecule has 1 fully saturated rings. The summed E-state index contributed by atoms with van der Waals surface area (Å²) in [5, 5.41) is 14.6. The third kappa shape index (κ3) is 2.86. The van der Waals surface area contributed by atoms with E-state index in [-0.39, 0.29) is 11.9 Å². The van der Waals surface area contributed by atoms with Gasteiger partial charge in [-0.2, -0.15) is 0 Å². The van der Waals surface area contributed by atoms with Gasteiger partial charge in [-0.05, 0) is 54.5 Å². The summed E-state index contributed by atoms with van der Waals surface area (Å²) in [5.74, 6) is 1.26. The van der Waals surface area contributed by atoms with Gasteiger partial charge in [0, 0.05) is 5.56 Å². The molecule has 1 amide bonds. The first-order chi connectivity index (χ1) is 10.2. The molecule has 7 heteroatoms. The van der Waals surface area contributed by atoms with Crippen LogP contribution in [0, 0.1) is 0 Å². The number of ether oxygens (including phenoxy) is 1. The summed E-state index contributed by atoms with van der Waals surface area (Å²) in [5.41, 5.74) is 0.577. The molecular weight excluding hydrogens is 270 g/mol. The highest BCUT2D eigenvalue weighted by Gasteiger charge is 2.29. The second-order valence-corrected chi connectivity index (χ2v) is 5.14. The number of nitrogens with zero attached hydrogens (tertiary/aromatic N) is 4. The number of amides is 1. The molecule has 1 aromatic carbocycles. The molecule has 21 heavy (non-hydrogen) atoms. The SMILES string of the molecule is COc1ccc(C(=O)NC(C)c2nnnn2C2CC2)cc1. The third-order valence-corrected chi connectivity index (χ3v) is 3.50. The van der Waals surface area contributed by atoms with E-state index in [0.29, 0.717) is 17.4 Å². The number of methoxy groups -OCH3 is 1. The molecule has 1 aliphatic carbocycles. The third-order valence-electron chi connectivity index (χ3n) is 3.50. The molecule has 1 heterocycles. The largest absolute Gasteiger partial charge is 0.497 e. The van der Waals surface area contributed by atoms with E-state index in [4.69, 9.17) is 4.74 Å². The lowest BCUT2D eigenvalue weighted by molar-refractivity contribution is 0.0937. The van der Waals surface area contributed by atoms with Gasteiger partial charge >= 0.3 is 0 Å². The number of hydrogen-bond acceptors (Lipinski definition) is 5. The van der Waals surface area contributed by atoms with Crippen LogP contribution in [0.4, 0.5) is 0 Å². The molecule has 0 radical (unpaired) electrons. The quantitative estimate of drug-likeness (QED) is 0.901. The summed E-state index contributed by atoms with van der Waals surface area (Å²) in [7, 11) is 1.59. The van der Waals surface area contributed by atoms with Gasteiger partial charge in [0.05, 0.1) is 19.2 Å². The van der Waals surface area contributed by atoms with Gasteiger partial charge in [0.25, 0.3) is 5.91 Å². The van der Waals surface area contributed by atoms with Crippen molar-refractivity contribution in [2.75, 3.05) is 7.11 Å². The highest BCUT2D eigenvalue weighted by atomic mass is 16.5. The summed E-state index contributed by atoms with van der Waals surface area (Å²) in [4.78, 5) is 12.2. The van der Waals surface area contributed by atoms with Crippen molar-refractivity contribution in [3.63, 3.8) is 0 Å². The van der Waals surface area contributed by atoms with Gasteiger partial charge in [-0.3, -0.25) is 4.79 Å². The molecular formula is C14H17N5O2. The Hall–Kier alpha value is -2.44. The fraction of sp³-hybridized carbons (Fsp3) is 0.429. The number of tetrazole rings is 1. The van der Waals surface area contributed by atoms with Crippen molar-refractivity contribution >= 4 is 5.91 Å². The Kier molecular flexibility index (Phi) is 3.55. The lowest BCUT2D eigenvalue weighted by atomic mass is 10.2. The van der Waals surface area contributed by atoms with Crippen LogP contribution in [0.3, 0.4) is 0 Å². The molecule has 0 bridgehead atoms. The maximum atomic E-state index is 12.2. The fourth-order valence-corrected chi connectivity index (χ4v) is 2.15. The summed E-state index contributed by atoms with van der Waals surface area (Å²) < 4.78 is 6.88. The summed E-state index contributed by atoms with van der Waals surface area (Å²) in [6, 6.07) is 7.11. The molecule has 7 nitrogen and oxygen atoms in total. The van der Waals surface area contributed by atoms with Gasteiger partial charge in [-0.15, -0.1) is 5.10 Å². The van der Waals surface area contributed by atoms with Gasteiger partial charge in [0.2, 0.25) is 0 Å². The summed E-state index contributed by atoms with van der Waals surface area (Å²) in [6.45, 7) is 1.88. The van der Waals surface area contributed by atoms with Gasteiger partial charge < -0.3 is 10.1 Å². The molecule has 1 aromatic heterocycles. The van der Waals surface area contributed by atoms with Crippen molar-refractivity contribution < 1.29 is 9.53 Å². The number of aromatic nitrogens is 4. The van der Waals surface area contributed by atoms with E-state index in [1.165, 1.54) is 0 Å². The van der Waals surface area contributed by atoms with E-state index in [9.17, 15) is 4.79 Å². The van der Waals surface area contributed by atoms with E-state index in [0.717, 1.165) is 18.6 Å². The van der Waals surface area contributed by atoms with Crippen LogP contribution >= 0.6 is 0 Å². The van der Waals surface area contributed by atoms with Gasteiger partial charge in [-0.1, -0.05) is 0 Å². The monoisotopic (exact) mass is 287 g/mol. The Morgan fingerprint density at radius 1 is 1.38 bits per heavy atom. The van der Waals surface area contributed by atoms with Gasteiger partial charge in [-0.25, -0.2) is 4.68 Å². The lowest BCUT2D eigenvalue weighted by Gasteiger charge is -2.13. The van der Waals surface area contributed by atoms with Crippen LogP contribution in [-0.2, 0) is 0 Å². The predicted octanol–water partition coefficient (Wildman–Crippen LogP) is 1.51. The van der Waals surface area contributed by atoms with Crippen LogP contribution in [0.2, 0.25) is 0 Å². The van der Waals surface area contributed by atoms with Crippen molar-refractivity contribution in [3.8, 4) is 5.75 Å². The molecule has 1 unspecified atom stereocenters. The molecule has 0 saturated heterocycles. The minimum absolute atomic E-state index is 0.157. The van der Waals surface area contributed by atoms with E-state index < -0.39 is 0 Å². The van der Waals surface area contributed by atoms with E-state index >= 15 is 0 Å². The van der Waals surface area contributed by atoms with Crippen molar-refractivity contribution in [2.45, 2.75) is 31.8 Å². The Morgan fingerprint density at radius 3 is 2.71 bits per heavy atom. The van der Waals surface area contributed by atoms with Crippen LogP contribution < -0.4 is 10.1 Å². The minimum Gasteiger partial charge on any atom is -0.497 e. The van der Waals surface area contributed by atoms with Crippen molar-refractivity contribution in [1.29, 1.82) is 0 Å².